The number of piperazine rings is 1. The molecule has 0 aliphatic carbocycles. The molecule has 2 aromatic carbocycles. The van der Waals surface area contributed by atoms with Gasteiger partial charge in [-0.2, -0.15) is 0 Å². The molecule has 4 fully saturated rings. The van der Waals surface area contributed by atoms with Crippen molar-refractivity contribution >= 4 is 63.8 Å². The van der Waals surface area contributed by atoms with Crippen LogP contribution in [-0.2, 0) is 9.47 Å². The Hall–Kier alpha value is -3.45. The minimum absolute atomic E-state index is 0.119. The number of methoxy groups -OCH3 is 1. The van der Waals surface area contributed by atoms with E-state index in [0.29, 0.717) is 56.5 Å². The first-order valence-electron chi connectivity index (χ1n) is 20.3. The second-order valence-corrected chi connectivity index (χ2v) is 19.8. The standard InChI is InChI=1S/C41H53Cl2IN11O3/c1-53-14-16-54(17-15-53)31-6-3-5-29(20-31)49-40-47-25-36(43)39(52-40)46-23-33-19-28(26-58-33)44-55-12-10-27(11-13-55)34-9-8-30(21-37(34)56-2)50-41-48-24-35(42)38(51-41)45-22-32-7-4-18-57-32/h3,5-6,8-9,20-21,24-25,27-28,32-33H,4,7,10-19,22-23,26H2,1-2H3,(H2,45,48,50,51)(H2,46,47,49,52)/q-1/t28?,32-,33-/m1/s1. The zero-order chi connectivity index (χ0) is 39.8. The summed E-state index contributed by atoms with van der Waals surface area (Å²) in [7, 11) is 3.91. The van der Waals surface area contributed by atoms with Crippen LogP contribution in [0.3, 0.4) is 0 Å². The summed E-state index contributed by atoms with van der Waals surface area (Å²) in [6, 6.07) is 14.7. The van der Waals surface area contributed by atoms with E-state index < -0.39 is 0 Å². The van der Waals surface area contributed by atoms with Gasteiger partial charge in [0.2, 0.25) is 0 Å². The maximum atomic E-state index is 6.54. The number of likely N-dealkylation sites (N-methyl/N-ethyl adjacent to an activating group) is 1. The zero-order valence-electron chi connectivity index (χ0n) is 33.1. The first kappa shape index (κ1) is 41.3. The fourth-order valence-electron chi connectivity index (χ4n) is 7.88. The second-order valence-electron chi connectivity index (χ2n) is 15.3. The van der Waals surface area contributed by atoms with Gasteiger partial charge in [-0.1, -0.05) is 11.6 Å². The van der Waals surface area contributed by atoms with E-state index in [1.54, 1.807) is 19.5 Å². The summed E-state index contributed by atoms with van der Waals surface area (Å²) in [6.45, 7) is 9.26. The van der Waals surface area contributed by atoms with Gasteiger partial charge in [0, 0.05) is 39.3 Å². The summed E-state index contributed by atoms with van der Waals surface area (Å²) >= 11 is 12.8. The fraction of sp³-hybridized carbons (Fsp3) is 0.512. The van der Waals surface area contributed by atoms with Gasteiger partial charge in [0.05, 0.1) is 6.10 Å². The number of alkyl halides is 1. The number of halogens is 3. The molecule has 14 nitrogen and oxygen atoms in total. The van der Waals surface area contributed by atoms with Crippen LogP contribution in [0.5, 0.6) is 5.75 Å². The number of hydrogen-bond acceptors (Lipinski definition) is 14. The number of aromatic nitrogens is 4. The van der Waals surface area contributed by atoms with Crippen LogP contribution < -0.4 is 52.4 Å². The molecule has 4 aromatic rings. The minimum atomic E-state index is -0.155. The van der Waals surface area contributed by atoms with Gasteiger partial charge >= 0.3 is 256 Å². The summed E-state index contributed by atoms with van der Waals surface area (Å²) in [5.74, 6) is 3.51. The molecule has 0 radical (unpaired) electrons. The number of nitrogens with one attached hydrogen (secondary N) is 4. The number of hydrogen-bond donors (Lipinski definition) is 4. The van der Waals surface area contributed by atoms with Crippen molar-refractivity contribution in [1.29, 1.82) is 0 Å². The Bertz CT molecular complexity index is 1980. The van der Waals surface area contributed by atoms with Gasteiger partial charge in [0.1, 0.15) is 5.02 Å². The average molecular weight is 946 g/mol. The summed E-state index contributed by atoms with van der Waals surface area (Å²) in [5, 5.41) is 14.4. The van der Waals surface area contributed by atoms with Crippen LogP contribution in [0, 0.1) is 0 Å². The van der Waals surface area contributed by atoms with Crippen molar-refractivity contribution in [1.82, 2.24) is 27.9 Å². The molecule has 4 aliphatic heterocycles. The van der Waals surface area contributed by atoms with E-state index in [0.717, 1.165) is 102 Å². The molecule has 3 atom stereocenters. The molecule has 6 heterocycles. The third-order valence-electron chi connectivity index (χ3n) is 11.2. The van der Waals surface area contributed by atoms with Crippen LogP contribution in [0.25, 0.3) is 0 Å². The molecule has 4 aliphatic rings. The molecular weight excluding hydrogens is 892 g/mol. The maximum absolute atomic E-state index is 6.54. The SMILES string of the molecule is COc1cc(Nc2ncc(Cl)c(NC[C@H]3CCCO3)n2)ccc1C1CCN([I-]C2CO[C@@H](CNc3nc(Nc4cccc(N5CCN(C)CC5)c4)ncc3Cl)C2)CC1. The van der Waals surface area contributed by atoms with E-state index in [1.807, 2.05) is 12.1 Å². The van der Waals surface area contributed by atoms with Crippen molar-refractivity contribution in [2.24, 2.45) is 0 Å². The summed E-state index contributed by atoms with van der Waals surface area (Å²) in [4.78, 5) is 23.0. The fourth-order valence-corrected chi connectivity index (χ4v) is 11.6. The van der Waals surface area contributed by atoms with Gasteiger partial charge in [0.15, 0.2) is 0 Å². The van der Waals surface area contributed by atoms with Crippen LogP contribution in [0.1, 0.15) is 43.6 Å². The molecule has 17 heteroatoms. The number of nitrogens with zero attached hydrogens (tertiary/aromatic N) is 7. The van der Waals surface area contributed by atoms with Crippen LogP contribution in [0.2, 0.25) is 10.0 Å². The Morgan fingerprint density at radius 1 is 0.810 bits per heavy atom. The molecule has 8 rings (SSSR count). The molecule has 2 aromatic heterocycles. The topological polar surface area (TPSA) is 137 Å². The summed E-state index contributed by atoms with van der Waals surface area (Å²) < 4.78 is 21.2. The molecule has 0 saturated carbocycles. The van der Waals surface area contributed by atoms with Crippen LogP contribution in [0.4, 0.5) is 40.6 Å². The van der Waals surface area contributed by atoms with E-state index in [2.05, 4.69) is 86.5 Å². The first-order valence-corrected chi connectivity index (χ1v) is 23.2. The van der Waals surface area contributed by atoms with Crippen molar-refractivity contribution in [3.8, 4) is 5.75 Å². The van der Waals surface area contributed by atoms with Crippen molar-refractivity contribution in [3.63, 3.8) is 0 Å². The molecule has 58 heavy (non-hydrogen) atoms. The van der Waals surface area contributed by atoms with Gasteiger partial charge < -0.3 is 19.9 Å². The third kappa shape index (κ3) is 10.8. The van der Waals surface area contributed by atoms with E-state index in [9.17, 15) is 0 Å². The second kappa shape index (κ2) is 19.7. The van der Waals surface area contributed by atoms with Crippen molar-refractivity contribution in [3.05, 3.63) is 70.5 Å². The number of rotatable bonds is 15. The Balaban J connectivity index is 0.782. The molecule has 0 amide bonds. The molecule has 312 valence electrons. The monoisotopic (exact) mass is 944 g/mol. The Labute approximate surface area is 361 Å². The van der Waals surface area contributed by atoms with Crippen LogP contribution >= 0.6 is 23.2 Å². The Morgan fingerprint density at radius 3 is 2.17 bits per heavy atom. The molecule has 0 bridgehead atoms. The number of ether oxygens (including phenoxy) is 3. The molecule has 1 unspecified atom stereocenters. The average Bonchev–Trinajstić information content (AvgIpc) is 3.94. The summed E-state index contributed by atoms with van der Waals surface area (Å²) in [5.41, 5.74) is 4.26. The molecular formula is C41H53Cl2IN11O3-. The van der Waals surface area contributed by atoms with E-state index >= 15 is 0 Å². The molecule has 4 N–H and O–H groups in total. The van der Waals surface area contributed by atoms with E-state index in [1.165, 1.54) is 11.3 Å². The van der Waals surface area contributed by atoms with Crippen LogP contribution in [-0.4, -0.2) is 124 Å². The number of benzene rings is 2. The molecule has 0 spiro atoms. The van der Waals surface area contributed by atoms with E-state index in [-0.39, 0.29) is 33.7 Å². The normalized spacial score (nSPS) is 22.0. The van der Waals surface area contributed by atoms with Gasteiger partial charge in [-0.25, -0.2) is 0 Å². The molecule has 4 saturated heterocycles. The van der Waals surface area contributed by atoms with Crippen LogP contribution in [0.15, 0.2) is 54.9 Å². The Kier molecular flexibility index (Phi) is 14.1. The van der Waals surface area contributed by atoms with E-state index in [4.69, 9.17) is 42.4 Å². The predicted molar refractivity (Wildman–Crippen MR) is 227 cm³/mol. The predicted octanol–water partition coefficient (Wildman–Crippen LogP) is 3.86. The number of anilines is 7. The summed E-state index contributed by atoms with van der Waals surface area (Å²) in [6.07, 6.45) is 8.94. The van der Waals surface area contributed by atoms with Crippen molar-refractivity contribution < 1.29 is 35.7 Å². The van der Waals surface area contributed by atoms with Gasteiger partial charge in [0.25, 0.3) is 0 Å². The van der Waals surface area contributed by atoms with Gasteiger partial charge in [-0.15, -0.1) is 0 Å². The Morgan fingerprint density at radius 2 is 1.50 bits per heavy atom. The first-order chi connectivity index (χ1) is 28.3. The van der Waals surface area contributed by atoms with Gasteiger partial charge in [-0.05, 0) is 26.0 Å². The van der Waals surface area contributed by atoms with Gasteiger partial charge in [-0.3, -0.25) is 0 Å². The third-order valence-corrected chi connectivity index (χ3v) is 15.1. The van der Waals surface area contributed by atoms with Crippen molar-refractivity contribution in [2.45, 2.75) is 54.2 Å². The van der Waals surface area contributed by atoms with Crippen molar-refractivity contribution in [2.75, 3.05) is 106 Å². The number of piperidine rings is 1. The zero-order valence-corrected chi connectivity index (χ0v) is 36.8. The quantitative estimate of drug-likeness (QED) is 0.0781.